The van der Waals surface area contributed by atoms with Crippen LogP contribution in [0.15, 0.2) is 52.4 Å². The van der Waals surface area contributed by atoms with Crippen molar-refractivity contribution in [3.63, 3.8) is 0 Å². The maximum absolute atomic E-state index is 12.6. The molecule has 0 amide bonds. The molecule has 0 unspecified atom stereocenters. The maximum atomic E-state index is 12.6. The number of hydrogen-bond acceptors (Lipinski definition) is 4. The van der Waals surface area contributed by atoms with Crippen LogP contribution < -0.4 is 0 Å². The predicted molar refractivity (Wildman–Crippen MR) is 99.7 cm³/mol. The Morgan fingerprint density at radius 2 is 1.72 bits per heavy atom. The Kier molecular flexibility index (Phi) is 5.76. The Labute approximate surface area is 156 Å². The molecule has 8 heteroatoms. The third kappa shape index (κ3) is 4.40. The molecule has 0 aliphatic carbocycles. The molecule has 1 aliphatic rings. The third-order valence-electron chi connectivity index (χ3n) is 3.76. The van der Waals surface area contributed by atoms with Crippen LogP contribution >= 0.6 is 23.2 Å². The van der Waals surface area contributed by atoms with Crippen molar-refractivity contribution in [1.29, 1.82) is 0 Å². The molecule has 2 aromatic rings. The zero-order valence-electron chi connectivity index (χ0n) is 13.2. The first-order chi connectivity index (χ1) is 12.0. The van der Waals surface area contributed by atoms with E-state index in [1.54, 1.807) is 48.7 Å². The summed E-state index contributed by atoms with van der Waals surface area (Å²) in [6.07, 6.45) is 1.62. The van der Waals surface area contributed by atoms with Crippen molar-refractivity contribution in [2.45, 2.75) is 4.90 Å². The van der Waals surface area contributed by atoms with Crippen LogP contribution in [0.4, 0.5) is 5.69 Å². The lowest BCUT2D eigenvalue weighted by atomic mass is 10.2. The molecule has 0 aromatic heterocycles. The first-order valence-corrected chi connectivity index (χ1v) is 9.83. The summed E-state index contributed by atoms with van der Waals surface area (Å²) in [6, 6.07) is 11.6. The van der Waals surface area contributed by atoms with Gasteiger partial charge < -0.3 is 4.74 Å². The largest absolute Gasteiger partial charge is 0.379 e. The number of morpholine rings is 1. The standard InChI is InChI=1S/C17H16Cl2N2O3S/c18-14-2-1-13(17(19)11-14)12-20-15-3-5-16(6-4-15)25(22,23)21-7-9-24-10-8-21/h1-6,11-12H,7-10H2. The molecule has 132 valence electrons. The predicted octanol–water partition coefficient (Wildman–Crippen LogP) is 3.76. The van der Waals surface area contributed by atoms with Crippen LogP contribution in [0.5, 0.6) is 0 Å². The fourth-order valence-corrected chi connectivity index (χ4v) is 4.26. The van der Waals surface area contributed by atoms with Crippen molar-refractivity contribution in [3.8, 4) is 0 Å². The zero-order chi connectivity index (χ0) is 17.9. The Bertz CT molecular complexity index is 877. The summed E-state index contributed by atoms with van der Waals surface area (Å²) < 4.78 is 31.7. The second-order valence-electron chi connectivity index (χ2n) is 5.43. The van der Waals surface area contributed by atoms with E-state index >= 15 is 0 Å². The Morgan fingerprint density at radius 3 is 2.36 bits per heavy atom. The van der Waals surface area contributed by atoms with Crippen molar-refractivity contribution in [1.82, 2.24) is 4.31 Å². The normalized spacial score (nSPS) is 16.4. The molecule has 25 heavy (non-hydrogen) atoms. The molecule has 0 saturated carbocycles. The number of hydrogen-bond donors (Lipinski definition) is 0. The molecule has 1 fully saturated rings. The first kappa shape index (κ1) is 18.4. The van der Waals surface area contributed by atoms with Gasteiger partial charge in [0.1, 0.15) is 0 Å². The zero-order valence-corrected chi connectivity index (χ0v) is 15.6. The van der Waals surface area contributed by atoms with Gasteiger partial charge in [-0.25, -0.2) is 8.42 Å². The van der Waals surface area contributed by atoms with E-state index in [1.807, 2.05) is 0 Å². The molecule has 1 heterocycles. The molecule has 5 nitrogen and oxygen atoms in total. The highest BCUT2D eigenvalue weighted by Gasteiger charge is 2.25. The monoisotopic (exact) mass is 398 g/mol. The second kappa shape index (κ2) is 7.85. The smallest absolute Gasteiger partial charge is 0.243 e. The van der Waals surface area contributed by atoms with Crippen LogP contribution in [-0.2, 0) is 14.8 Å². The van der Waals surface area contributed by atoms with Crippen molar-refractivity contribution >= 4 is 45.1 Å². The fourth-order valence-electron chi connectivity index (χ4n) is 2.39. The summed E-state index contributed by atoms with van der Waals surface area (Å²) >= 11 is 12.0. The van der Waals surface area contributed by atoms with Gasteiger partial charge in [0.2, 0.25) is 10.0 Å². The van der Waals surface area contributed by atoms with E-state index in [0.29, 0.717) is 42.0 Å². The molecule has 0 N–H and O–H groups in total. The Morgan fingerprint density at radius 1 is 1.04 bits per heavy atom. The molecule has 0 spiro atoms. The lowest BCUT2D eigenvalue weighted by molar-refractivity contribution is 0.0730. The van der Waals surface area contributed by atoms with Crippen LogP contribution in [0, 0.1) is 0 Å². The van der Waals surface area contributed by atoms with E-state index in [0.717, 1.165) is 5.56 Å². The Balaban J connectivity index is 1.76. The molecule has 1 aliphatic heterocycles. The third-order valence-corrected chi connectivity index (χ3v) is 6.24. The lowest BCUT2D eigenvalue weighted by Gasteiger charge is -2.26. The highest BCUT2D eigenvalue weighted by molar-refractivity contribution is 7.89. The van der Waals surface area contributed by atoms with Crippen molar-refractivity contribution in [2.24, 2.45) is 4.99 Å². The minimum Gasteiger partial charge on any atom is -0.379 e. The summed E-state index contributed by atoms with van der Waals surface area (Å²) in [5, 5.41) is 1.06. The van der Waals surface area contributed by atoms with Gasteiger partial charge in [0.15, 0.2) is 0 Å². The summed E-state index contributed by atoms with van der Waals surface area (Å²) in [5.41, 5.74) is 1.36. The first-order valence-electron chi connectivity index (χ1n) is 7.64. The van der Waals surface area contributed by atoms with Crippen molar-refractivity contribution in [2.75, 3.05) is 26.3 Å². The highest BCUT2D eigenvalue weighted by atomic mass is 35.5. The summed E-state index contributed by atoms with van der Waals surface area (Å²) in [7, 11) is -3.49. The van der Waals surface area contributed by atoms with Gasteiger partial charge in [0, 0.05) is 29.9 Å². The quantitative estimate of drug-likeness (QED) is 0.736. The second-order valence-corrected chi connectivity index (χ2v) is 8.22. The molecule has 3 rings (SSSR count). The van der Waals surface area contributed by atoms with Crippen molar-refractivity contribution < 1.29 is 13.2 Å². The summed E-state index contributed by atoms with van der Waals surface area (Å²) in [5.74, 6) is 0. The van der Waals surface area contributed by atoms with E-state index in [1.165, 1.54) is 4.31 Å². The van der Waals surface area contributed by atoms with E-state index in [4.69, 9.17) is 27.9 Å². The molecule has 0 bridgehead atoms. The minimum absolute atomic E-state index is 0.248. The van der Waals surface area contributed by atoms with E-state index < -0.39 is 10.0 Å². The maximum Gasteiger partial charge on any atom is 0.243 e. The highest BCUT2D eigenvalue weighted by Crippen LogP contribution is 2.23. The molecule has 0 atom stereocenters. The topological polar surface area (TPSA) is 59.0 Å². The Hall–Kier alpha value is -1.44. The van der Waals surface area contributed by atoms with E-state index in [2.05, 4.69) is 4.99 Å². The number of sulfonamides is 1. The van der Waals surface area contributed by atoms with Gasteiger partial charge in [0.05, 0.1) is 28.8 Å². The molecular formula is C17H16Cl2N2O3S. The van der Waals surface area contributed by atoms with Gasteiger partial charge in [-0.3, -0.25) is 4.99 Å². The molecule has 0 radical (unpaired) electrons. The van der Waals surface area contributed by atoms with Gasteiger partial charge >= 0.3 is 0 Å². The number of benzene rings is 2. The molecule has 2 aromatic carbocycles. The number of ether oxygens (including phenoxy) is 1. The van der Waals surface area contributed by atoms with Crippen LogP contribution in [-0.4, -0.2) is 45.2 Å². The number of aliphatic imine (C=N–C) groups is 1. The van der Waals surface area contributed by atoms with Crippen LogP contribution in [0.2, 0.25) is 10.0 Å². The number of nitrogens with zero attached hydrogens (tertiary/aromatic N) is 2. The van der Waals surface area contributed by atoms with Crippen LogP contribution in [0.3, 0.4) is 0 Å². The van der Waals surface area contributed by atoms with Crippen LogP contribution in [0.25, 0.3) is 0 Å². The van der Waals surface area contributed by atoms with E-state index in [9.17, 15) is 8.42 Å². The fraction of sp³-hybridized carbons (Fsp3) is 0.235. The van der Waals surface area contributed by atoms with Crippen LogP contribution in [0.1, 0.15) is 5.56 Å². The average Bonchev–Trinajstić information content (AvgIpc) is 2.62. The van der Waals surface area contributed by atoms with E-state index in [-0.39, 0.29) is 4.90 Å². The summed E-state index contributed by atoms with van der Waals surface area (Å²) in [6.45, 7) is 1.58. The summed E-state index contributed by atoms with van der Waals surface area (Å²) in [4.78, 5) is 4.57. The minimum atomic E-state index is -3.49. The van der Waals surface area contributed by atoms with Gasteiger partial charge in [-0.05, 0) is 36.4 Å². The number of rotatable bonds is 4. The van der Waals surface area contributed by atoms with Gasteiger partial charge in [-0.15, -0.1) is 0 Å². The van der Waals surface area contributed by atoms with Crippen molar-refractivity contribution in [3.05, 3.63) is 58.1 Å². The van der Waals surface area contributed by atoms with Gasteiger partial charge in [0.25, 0.3) is 0 Å². The molecule has 1 saturated heterocycles. The lowest BCUT2D eigenvalue weighted by Crippen LogP contribution is -2.40. The molecular weight excluding hydrogens is 383 g/mol. The SMILES string of the molecule is O=S(=O)(c1ccc(N=Cc2ccc(Cl)cc2Cl)cc1)N1CCOCC1. The van der Waals surface area contributed by atoms with Gasteiger partial charge in [-0.1, -0.05) is 29.3 Å². The number of halogens is 2. The average molecular weight is 399 g/mol. The van der Waals surface area contributed by atoms with Gasteiger partial charge in [-0.2, -0.15) is 4.31 Å².